The third-order valence-electron chi connectivity index (χ3n) is 14.0. The molecule has 5 aliphatic rings. The van der Waals surface area contributed by atoms with Crippen LogP contribution in [0.15, 0.2) is 107 Å². The number of likely N-dealkylation sites (tertiary alicyclic amines) is 2. The molecule has 0 aromatic heterocycles. The maximum atomic E-state index is 12.4. The number of halogens is 3. The number of rotatable bonds is 7. The van der Waals surface area contributed by atoms with Gasteiger partial charge in [0.15, 0.2) is 0 Å². The highest BCUT2D eigenvalue weighted by molar-refractivity contribution is 8.93. The Labute approximate surface area is 393 Å². The van der Waals surface area contributed by atoms with Gasteiger partial charge in [-0.25, -0.2) is 0 Å². The summed E-state index contributed by atoms with van der Waals surface area (Å²) in [6.45, 7) is 8.72. The Morgan fingerprint density at radius 3 is 2.07 bits per heavy atom. The molecule has 334 valence electrons. The maximum Gasteiger partial charge on any atom is 0.316 e. The van der Waals surface area contributed by atoms with Crippen molar-refractivity contribution >= 4 is 70.9 Å². The van der Waals surface area contributed by atoms with Crippen LogP contribution >= 0.6 is 53.6 Å². The van der Waals surface area contributed by atoms with Gasteiger partial charge in [-0.15, -0.1) is 41.8 Å². The van der Waals surface area contributed by atoms with Gasteiger partial charge in [-0.3, -0.25) is 4.79 Å². The fourth-order valence-corrected chi connectivity index (χ4v) is 11.4. The number of para-hydroxylation sites is 2. The lowest BCUT2D eigenvalue weighted by Gasteiger charge is -2.58. The monoisotopic (exact) mass is 954 g/mol. The molecule has 0 radical (unpaired) electrons. The fourth-order valence-electron chi connectivity index (χ4n) is 10.3. The minimum atomic E-state index is -0.441. The van der Waals surface area contributed by atoms with Gasteiger partial charge in [-0.05, 0) is 159 Å². The predicted molar refractivity (Wildman–Crippen MR) is 265 cm³/mol. The number of hydrogen-bond acceptors (Lipinski definition) is 8. The molecule has 9 rings (SSSR count). The number of ether oxygens (including phenoxy) is 2. The second-order valence-electron chi connectivity index (χ2n) is 17.5. The molecule has 0 N–H and O–H groups in total. The summed E-state index contributed by atoms with van der Waals surface area (Å²) < 4.78 is 10.8. The number of nitrogens with zero attached hydrogens (tertiary/aromatic N) is 4. The average molecular weight is 957 g/mol. The van der Waals surface area contributed by atoms with Crippen LogP contribution in [-0.4, -0.2) is 101 Å². The minimum Gasteiger partial charge on any atom is -0.497 e. The number of anilines is 2. The molecule has 4 aromatic carbocycles. The highest BCUT2D eigenvalue weighted by Gasteiger charge is 2.53. The summed E-state index contributed by atoms with van der Waals surface area (Å²) >= 11 is 1.87. The second-order valence-corrected chi connectivity index (χ2v) is 18.5. The Morgan fingerprint density at radius 2 is 1.46 bits per heavy atom. The SMILES string of the molecule is Br.CC(CN1c2ccccc2Sc2ccccc21)N(C)C.CCOC(=O)C1(c2ccccc2)CCN(C)CC1.COc1ccc2c(c1)[C@]13CCCC[C@@H]1[C@H](C2)N(C)CC3.Cl.Cl. The molecule has 1 saturated carbocycles. The first-order valence-electron chi connectivity index (χ1n) is 21.7. The highest BCUT2D eigenvalue weighted by Crippen LogP contribution is 2.56. The number of likely N-dealkylation sites (N-methyl/N-ethyl adjacent to an activating group) is 2. The number of esters is 1. The van der Waals surface area contributed by atoms with Crippen LogP contribution in [0.3, 0.4) is 0 Å². The van der Waals surface area contributed by atoms with Crippen LogP contribution in [0.5, 0.6) is 5.75 Å². The third-order valence-corrected chi connectivity index (χ3v) is 15.1. The van der Waals surface area contributed by atoms with E-state index < -0.39 is 5.41 Å². The van der Waals surface area contributed by atoms with E-state index in [1.165, 1.54) is 66.2 Å². The fraction of sp³-hybridized carbons (Fsp3) is 0.500. The van der Waals surface area contributed by atoms with E-state index in [4.69, 9.17) is 9.47 Å². The molecule has 3 heterocycles. The van der Waals surface area contributed by atoms with Gasteiger partial charge in [-0.2, -0.15) is 0 Å². The summed E-state index contributed by atoms with van der Waals surface area (Å²) in [7, 11) is 10.5. The number of carbonyl (C=O) groups excluding carboxylic acids is 1. The normalized spacial score (nSPS) is 22.5. The molecule has 61 heavy (non-hydrogen) atoms. The highest BCUT2D eigenvalue weighted by atomic mass is 79.9. The van der Waals surface area contributed by atoms with Crippen molar-refractivity contribution in [2.24, 2.45) is 5.92 Å². The van der Waals surface area contributed by atoms with Crippen molar-refractivity contribution in [1.82, 2.24) is 14.7 Å². The molecule has 1 unspecified atom stereocenters. The standard InChI is InChI=1S/C18H25NO.C17H20N2S.C15H21NO2.BrH.2ClH/c1-19-10-9-18-8-4-3-5-15(18)17(19)11-13-6-7-14(20-2)12-16(13)18;1-13(18(2)3)12-19-14-8-4-6-10-16(14)20-17-11-7-5-9-15(17)19;1-3-18-14(17)15(9-11-16(2)12-10-15)13-7-5-4-6-8-13;;;/h6-7,12,15,17H,3-5,8-11H2,1-2H3;4-11,13H,12H2,1-3H3;4-8H,3,9-12H2,1-2H3;3*1H/t15-,17+,18+;;;;;/m1...../s1. The van der Waals surface area contributed by atoms with Gasteiger partial charge in [-0.1, -0.05) is 85.3 Å². The van der Waals surface area contributed by atoms with Crippen LogP contribution in [0, 0.1) is 5.92 Å². The van der Waals surface area contributed by atoms with Crippen LogP contribution < -0.4 is 9.64 Å². The molecule has 7 nitrogen and oxygen atoms in total. The van der Waals surface area contributed by atoms with Gasteiger partial charge in [0.2, 0.25) is 0 Å². The zero-order valence-electron chi connectivity index (χ0n) is 37.3. The molecule has 2 saturated heterocycles. The van der Waals surface area contributed by atoms with Crippen molar-refractivity contribution in [3.8, 4) is 5.75 Å². The zero-order valence-corrected chi connectivity index (χ0v) is 41.5. The van der Waals surface area contributed by atoms with Crippen LogP contribution in [0.1, 0.15) is 75.5 Å². The number of fused-ring (bicyclic) bond motifs is 3. The number of hydrogen-bond donors (Lipinski definition) is 0. The van der Waals surface area contributed by atoms with Crippen molar-refractivity contribution in [3.63, 3.8) is 0 Å². The first-order valence-corrected chi connectivity index (χ1v) is 22.5. The number of carbonyl (C=O) groups is 1. The number of benzene rings is 4. The van der Waals surface area contributed by atoms with Crippen LogP contribution in [-0.2, 0) is 26.8 Å². The Bertz CT molecular complexity index is 1960. The molecule has 3 aliphatic heterocycles. The first kappa shape index (κ1) is 50.9. The quantitative estimate of drug-likeness (QED) is 0.170. The van der Waals surface area contributed by atoms with E-state index in [1.807, 2.05) is 49.0 Å². The molecular weight excluding hydrogens is 887 g/mol. The first-order chi connectivity index (χ1) is 28.1. The summed E-state index contributed by atoms with van der Waals surface area (Å²) in [6, 6.07) is 35.5. The predicted octanol–water partition coefficient (Wildman–Crippen LogP) is 11.3. The molecule has 4 aromatic rings. The van der Waals surface area contributed by atoms with Gasteiger partial charge in [0, 0.05) is 33.8 Å². The van der Waals surface area contributed by atoms with Gasteiger partial charge >= 0.3 is 5.97 Å². The van der Waals surface area contributed by atoms with E-state index in [0.717, 1.165) is 55.7 Å². The topological polar surface area (TPSA) is 48.5 Å². The molecule has 0 spiro atoms. The van der Waals surface area contributed by atoms with Gasteiger partial charge in [0.05, 0.1) is 30.5 Å². The Kier molecular flexibility index (Phi) is 19.0. The van der Waals surface area contributed by atoms with Gasteiger partial charge < -0.3 is 29.1 Å². The van der Waals surface area contributed by atoms with E-state index in [9.17, 15) is 4.79 Å². The molecule has 2 aliphatic carbocycles. The lowest BCUT2D eigenvalue weighted by Crippen LogP contribution is -2.59. The largest absolute Gasteiger partial charge is 0.497 e. The molecule has 0 amide bonds. The van der Waals surface area contributed by atoms with Crippen molar-refractivity contribution < 1.29 is 14.3 Å². The Balaban J connectivity index is 0.000000197. The minimum absolute atomic E-state index is 0. The lowest BCUT2D eigenvalue weighted by molar-refractivity contribution is -0.152. The van der Waals surface area contributed by atoms with E-state index >= 15 is 0 Å². The van der Waals surface area contributed by atoms with Crippen LogP contribution in [0.2, 0.25) is 0 Å². The van der Waals surface area contributed by atoms with E-state index in [-0.39, 0.29) is 47.8 Å². The van der Waals surface area contributed by atoms with Crippen LogP contribution in [0.4, 0.5) is 11.4 Å². The van der Waals surface area contributed by atoms with Gasteiger partial charge in [0.25, 0.3) is 0 Å². The van der Waals surface area contributed by atoms with Crippen molar-refractivity contribution in [1.29, 1.82) is 0 Å². The lowest BCUT2D eigenvalue weighted by atomic mass is 9.52. The van der Waals surface area contributed by atoms with Gasteiger partial charge in [0.1, 0.15) is 5.75 Å². The average Bonchev–Trinajstić information content (AvgIpc) is 3.26. The molecule has 2 bridgehead atoms. The third kappa shape index (κ3) is 10.8. The number of methoxy groups -OCH3 is 1. The second kappa shape index (κ2) is 22.7. The van der Waals surface area contributed by atoms with Crippen molar-refractivity contribution in [3.05, 3.63) is 114 Å². The summed E-state index contributed by atoms with van der Waals surface area (Å²) in [5.41, 5.74) is 6.97. The van der Waals surface area contributed by atoms with E-state index in [0.29, 0.717) is 18.1 Å². The summed E-state index contributed by atoms with van der Waals surface area (Å²) in [5.74, 6) is 1.85. The summed E-state index contributed by atoms with van der Waals surface area (Å²) in [6.07, 6.45) is 9.90. The molecule has 4 atom stereocenters. The Hall–Kier alpha value is -2.76. The summed E-state index contributed by atoms with van der Waals surface area (Å²) in [5, 5.41) is 0. The van der Waals surface area contributed by atoms with E-state index in [1.54, 1.807) is 18.2 Å². The number of piperidine rings is 2. The van der Waals surface area contributed by atoms with E-state index in [2.05, 4.69) is 121 Å². The molecule has 11 heteroatoms. The zero-order chi connectivity index (χ0) is 40.9. The molecule has 3 fully saturated rings. The van der Waals surface area contributed by atoms with Crippen LogP contribution in [0.25, 0.3) is 0 Å². The smallest absolute Gasteiger partial charge is 0.316 e. The summed E-state index contributed by atoms with van der Waals surface area (Å²) in [4.78, 5) is 24.7. The molecular formula is C50H69BrCl2N4O3S. The Morgan fingerprint density at radius 1 is 0.836 bits per heavy atom. The maximum absolute atomic E-state index is 12.4. The van der Waals surface area contributed by atoms with Crippen molar-refractivity contribution in [2.75, 3.05) is 73.0 Å². The van der Waals surface area contributed by atoms with Crippen molar-refractivity contribution in [2.45, 2.75) is 97.9 Å².